The molecule has 0 fully saturated rings. The van der Waals surface area contributed by atoms with E-state index in [0.717, 1.165) is 22.7 Å². The largest absolute Gasteiger partial charge is 0.331 e. The Labute approximate surface area is 123 Å². The fourth-order valence-electron chi connectivity index (χ4n) is 2.23. The molecule has 0 radical (unpaired) electrons. The number of fused-ring (bicyclic) bond motifs is 1. The molecule has 1 N–H and O–H groups in total. The van der Waals surface area contributed by atoms with Crippen LogP contribution >= 0.6 is 0 Å². The Bertz CT molecular complexity index is 711. The lowest BCUT2D eigenvalue weighted by molar-refractivity contribution is -0.682. The van der Waals surface area contributed by atoms with Gasteiger partial charge in [0.25, 0.3) is 0 Å². The lowest BCUT2D eigenvalue weighted by Gasteiger charge is -2.21. The molecule has 5 heteroatoms. The molecule has 0 saturated carbocycles. The summed E-state index contributed by atoms with van der Waals surface area (Å²) in [7, 11) is 1.84. The highest BCUT2D eigenvalue weighted by Crippen LogP contribution is 2.27. The maximum Gasteiger partial charge on any atom is 0.238 e. The Hall–Kier alpha value is -2.82. The molecule has 5 nitrogen and oxygen atoms in total. The standard InChI is InChI=1S/C16H15N3O2/c1-12(20)17-14-8-9-16-13(10-14)11-19(18(2)21-16)15-6-4-3-5-7-15/h3-11H,1-2H3/p+1. The van der Waals surface area contributed by atoms with Crippen molar-refractivity contribution in [3.8, 4) is 5.75 Å². The molecule has 3 rings (SSSR count). The van der Waals surface area contributed by atoms with Crippen molar-refractivity contribution in [2.45, 2.75) is 6.92 Å². The molecule has 1 aliphatic heterocycles. The molecular weight excluding hydrogens is 266 g/mol. The van der Waals surface area contributed by atoms with E-state index < -0.39 is 0 Å². The van der Waals surface area contributed by atoms with Crippen LogP contribution < -0.4 is 10.2 Å². The number of benzene rings is 2. The number of nitrogens with one attached hydrogen (secondary N) is 1. The third-order valence-corrected chi connectivity index (χ3v) is 3.15. The van der Waals surface area contributed by atoms with Crippen molar-refractivity contribution in [2.24, 2.45) is 0 Å². The molecule has 0 saturated heterocycles. The Morgan fingerprint density at radius 2 is 1.95 bits per heavy atom. The van der Waals surface area contributed by atoms with Gasteiger partial charge in [-0.3, -0.25) is 4.79 Å². The summed E-state index contributed by atoms with van der Waals surface area (Å²) in [6.07, 6.45) is 1.97. The van der Waals surface area contributed by atoms with Crippen LogP contribution in [0.15, 0.2) is 48.5 Å². The van der Waals surface area contributed by atoms with Crippen molar-refractivity contribution in [3.05, 3.63) is 54.1 Å². The minimum absolute atomic E-state index is 0.0938. The summed E-state index contributed by atoms with van der Waals surface area (Å²) in [4.78, 5) is 16.9. The first-order valence-corrected chi connectivity index (χ1v) is 6.66. The van der Waals surface area contributed by atoms with Gasteiger partial charge < -0.3 is 10.2 Å². The zero-order valence-electron chi connectivity index (χ0n) is 11.9. The van der Waals surface area contributed by atoms with Gasteiger partial charge in [-0.15, -0.1) is 0 Å². The number of carbonyl (C=O) groups excluding carboxylic acids is 1. The third kappa shape index (κ3) is 2.72. The van der Waals surface area contributed by atoms with E-state index in [2.05, 4.69) is 5.32 Å². The van der Waals surface area contributed by atoms with Gasteiger partial charge in [-0.1, -0.05) is 18.2 Å². The van der Waals surface area contributed by atoms with E-state index in [1.807, 2.05) is 66.5 Å². The van der Waals surface area contributed by atoms with E-state index in [4.69, 9.17) is 4.84 Å². The minimum atomic E-state index is -0.0938. The van der Waals surface area contributed by atoms with Crippen LogP contribution in [0.1, 0.15) is 12.5 Å². The van der Waals surface area contributed by atoms with Crippen LogP contribution in [0.3, 0.4) is 0 Å². The van der Waals surface area contributed by atoms with Gasteiger partial charge >= 0.3 is 0 Å². The molecule has 21 heavy (non-hydrogen) atoms. The first kappa shape index (κ1) is 13.2. The topological polar surface area (TPSA) is 44.6 Å². The number of rotatable bonds is 2. The summed E-state index contributed by atoms with van der Waals surface area (Å²) in [5.41, 5.74) is 2.65. The molecule has 0 atom stereocenters. The van der Waals surface area contributed by atoms with Gasteiger partial charge in [-0.2, -0.15) is 0 Å². The second-order valence-corrected chi connectivity index (χ2v) is 4.80. The Kier molecular flexibility index (Phi) is 3.31. The number of hydrazone groups is 1. The van der Waals surface area contributed by atoms with Crippen LogP contribution in [-0.4, -0.2) is 29.0 Å². The first-order valence-electron chi connectivity index (χ1n) is 6.66. The second kappa shape index (κ2) is 5.28. The molecule has 1 heterocycles. The lowest BCUT2D eigenvalue weighted by Crippen LogP contribution is -2.35. The summed E-state index contributed by atoms with van der Waals surface area (Å²) >= 11 is 0. The van der Waals surface area contributed by atoms with Crippen LogP contribution in [0.5, 0.6) is 5.75 Å². The van der Waals surface area contributed by atoms with Crippen molar-refractivity contribution in [1.29, 1.82) is 0 Å². The number of carbonyl (C=O) groups is 1. The molecular formula is C16H16N3O2+. The average molecular weight is 282 g/mol. The van der Waals surface area contributed by atoms with Crippen molar-refractivity contribution >= 4 is 23.5 Å². The maximum atomic E-state index is 11.1. The van der Waals surface area contributed by atoms with E-state index in [-0.39, 0.29) is 5.91 Å². The highest BCUT2D eigenvalue weighted by atomic mass is 16.7. The predicted molar refractivity (Wildman–Crippen MR) is 80.7 cm³/mol. The summed E-state index contributed by atoms with van der Waals surface area (Å²) in [6.45, 7) is 1.49. The summed E-state index contributed by atoms with van der Waals surface area (Å²) in [5.74, 6) is 0.655. The van der Waals surface area contributed by atoms with Crippen LogP contribution in [0.4, 0.5) is 11.4 Å². The highest BCUT2D eigenvalue weighted by molar-refractivity contribution is 5.91. The van der Waals surface area contributed by atoms with Crippen molar-refractivity contribution in [2.75, 3.05) is 12.4 Å². The number of anilines is 1. The molecule has 1 amide bonds. The van der Waals surface area contributed by atoms with E-state index in [9.17, 15) is 4.79 Å². The van der Waals surface area contributed by atoms with Gasteiger partial charge in [0.1, 0.15) is 7.05 Å². The van der Waals surface area contributed by atoms with Crippen LogP contribution in [0.25, 0.3) is 0 Å². The Morgan fingerprint density at radius 3 is 2.67 bits per heavy atom. The fraction of sp³-hybridized carbons (Fsp3) is 0.125. The second-order valence-electron chi connectivity index (χ2n) is 4.80. The van der Waals surface area contributed by atoms with E-state index in [1.165, 1.54) is 6.92 Å². The third-order valence-electron chi connectivity index (χ3n) is 3.15. The van der Waals surface area contributed by atoms with E-state index >= 15 is 0 Å². The molecule has 2 aromatic carbocycles. The number of para-hydroxylation sites is 1. The van der Waals surface area contributed by atoms with Crippen molar-refractivity contribution in [1.82, 2.24) is 5.17 Å². The molecule has 0 bridgehead atoms. The number of amides is 1. The molecule has 0 unspecified atom stereocenters. The summed E-state index contributed by atoms with van der Waals surface area (Å²) in [5, 5.41) is 4.44. The zero-order chi connectivity index (χ0) is 14.8. The fourth-order valence-corrected chi connectivity index (χ4v) is 2.23. The molecule has 0 spiro atoms. The number of hydroxylamine groups is 1. The Morgan fingerprint density at radius 1 is 1.19 bits per heavy atom. The molecule has 1 aliphatic rings. The minimum Gasteiger partial charge on any atom is -0.331 e. The summed E-state index contributed by atoms with van der Waals surface area (Å²) in [6, 6.07) is 15.5. The number of hydrogen-bond donors (Lipinski definition) is 1. The quantitative estimate of drug-likeness (QED) is 0.861. The zero-order valence-corrected chi connectivity index (χ0v) is 11.9. The smallest absolute Gasteiger partial charge is 0.238 e. The van der Waals surface area contributed by atoms with Crippen molar-refractivity contribution in [3.63, 3.8) is 0 Å². The van der Waals surface area contributed by atoms with Gasteiger partial charge in [-0.25, -0.2) is 0 Å². The first-order chi connectivity index (χ1) is 10.1. The predicted octanol–water partition coefficient (Wildman–Crippen LogP) is 2.56. The van der Waals surface area contributed by atoms with Gasteiger partial charge in [-0.05, 0) is 28.1 Å². The number of hydrogen-bond acceptors (Lipinski definition) is 3. The Balaban J connectivity index is 2.01. The molecule has 2 aromatic rings. The number of nitrogens with zero attached hydrogens (tertiary/aromatic N) is 2. The normalized spacial score (nSPS) is 13.0. The van der Waals surface area contributed by atoms with Crippen LogP contribution in [0.2, 0.25) is 0 Å². The SMILES string of the molecule is CC(=O)Nc1ccc2c(c1)C=[N+](c1ccccc1)N(C)O2. The molecule has 0 aliphatic carbocycles. The molecule has 106 valence electrons. The van der Waals surface area contributed by atoms with Gasteiger partial charge in [0.2, 0.25) is 17.8 Å². The number of hydrazine groups is 1. The average Bonchev–Trinajstić information content (AvgIpc) is 2.47. The molecule has 0 aromatic heterocycles. The maximum absolute atomic E-state index is 11.1. The van der Waals surface area contributed by atoms with Crippen LogP contribution in [0, 0.1) is 0 Å². The monoisotopic (exact) mass is 282 g/mol. The van der Waals surface area contributed by atoms with Gasteiger partial charge in [0, 0.05) is 24.7 Å². The highest BCUT2D eigenvalue weighted by Gasteiger charge is 2.25. The van der Waals surface area contributed by atoms with Gasteiger partial charge in [0.15, 0.2) is 5.75 Å². The van der Waals surface area contributed by atoms with Crippen LogP contribution in [-0.2, 0) is 4.79 Å². The lowest BCUT2D eigenvalue weighted by atomic mass is 10.2. The van der Waals surface area contributed by atoms with E-state index in [1.54, 1.807) is 5.17 Å². The van der Waals surface area contributed by atoms with Gasteiger partial charge in [0.05, 0.1) is 5.56 Å². The summed E-state index contributed by atoms with van der Waals surface area (Å²) < 4.78 is 1.90. The van der Waals surface area contributed by atoms with Crippen molar-refractivity contribution < 1.29 is 14.3 Å². The van der Waals surface area contributed by atoms with E-state index in [0.29, 0.717) is 0 Å².